The van der Waals surface area contributed by atoms with Crippen LogP contribution in [-0.4, -0.2) is 62.6 Å². The molecule has 98 valence electrons. The van der Waals surface area contributed by atoms with Crippen LogP contribution in [0.3, 0.4) is 0 Å². The van der Waals surface area contributed by atoms with Gasteiger partial charge in [0, 0.05) is 8.39 Å². The monoisotopic (exact) mass is 248 g/mol. The van der Waals surface area contributed by atoms with Crippen LogP contribution in [-0.2, 0) is 14.4 Å². The van der Waals surface area contributed by atoms with Gasteiger partial charge in [-0.3, -0.25) is 9.59 Å². The van der Waals surface area contributed by atoms with E-state index in [0.717, 1.165) is 13.8 Å². The summed E-state index contributed by atoms with van der Waals surface area (Å²) in [6.45, 7) is 3.15. The number of nitrogens with zero attached hydrogens (tertiary/aromatic N) is 1. The fourth-order valence-electron chi connectivity index (χ4n) is 1.08. The second kappa shape index (κ2) is 5.24. The summed E-state index contributed by atoms with van der Waals surface area (Å²) in [7, 11) is -0.633. The van der Waals surface area contributed by atoms with Crippen LogP contribution in [0.5, 0.6) is 0 Å². The predicted octanol–water partition coefficient (Wildman–Crippen LogP) is -1.38. The van der Waals surface area contributed by atoms with Crippen molar-refractivity contribution in [3.05, 3.63) is 0 Å². The van der Waals surface area contributed by atoms with Crippen LogP contribution >= 0.6 is 0 Å². The third-order valence-corrected chi connectivity index (χ3v) is 2.38. The number of rotatable bonds is 5. The molecule has 0 aromatic heterocycles. The van der Waals surface area contributed by atoms with Crippen molar-refractivity contribution in [1.82, 2.24) is 4.90 Å². The van der Waals surface area contributed by atoms with E-state index in [1.807, 2.05) is 0 Å². The van der Waals surface area contributed by atoms with E-state index in [1.54, 1.807) is 0 Å². The highest BCUT2D eigenvalue weighted by Crippen LogP contribution is 2.12. The Morgan fingerprint density at radius 1 is 1.35 bits per heavy atom. The Bertz CT molecular complexity index is 354. The molecular weight excluding hydrogens is 230 g/mol. The Labute approximate surface area is 100 Å². The maximum Gasteiger partial charge on any atom is 0.343 e. The summed E-state index contributed by atoms with van der Waals surface area (Å²) in [6, 6.07) is -1.32. The van der Waals surface area contributed by atoms with E-state index >= 15 is 0 Å². The van der Waals surface area contributed by atoms with E-state index in [4.69, 9.17) is 11.6 Å². The first-order valence-electron chi connectivity index (χ1n) is 5.55. The number of aliphatic carboxylic acids is 1. The van der Waals surface area contributed by atoms with E-state index in [9.17, 15) is 19.5 Å². The fraction of sp³-hybridized carbons (Fsp3) is 0.700. The lowest BCUT2D eigenvalue weighted by Gasteiger charge is -2.29. The Morgan fingerprint density at radius 3 is 2.12 bits per heavy atom. The molecule has 0 rings (SSSR count). The number of carboxylic acid groups (broad SMARTS) is 1. The summed E-state index contributed by atoms with van der Waals surface area (Å²) >= 11 is 0. The van der Waals surface area contributed by atoms with Crippen LogP contribution in [0.25, 0.3) is 0 Å². The number of carbonyl (C=O) groups excluding carboxylic acids is 2. The number of likely N-dealkylation sites (N-methyl/N-ethyl adjacent to an activating group) is 1. The van der Waals surface area contributed by atoms with Crippen LogP contribution in [0.1, 0.15) is 22.1 Å². The van der Waals surface area contributed by atoms with Gasteiger partial charge in [-0.25, -0.2) is 4.79 Å². The van der Waals surface area contributed by atoms with Crippen LogP contribution in [0.4, 0.5) is 0 Å². The largest absolute Gasteiger partial charge is 0.479 e. The number of hydrogen-bond donors (Lipinski definition) is 3. The Hall–Kier alpha value is -1.47. The SMILES string of the molecule is [2H]CN(C(=O)[C@H](C)O)[C@@H](C)C(=O)[C@@](C)(O)C(=O)O. The van der Waals surface area contributed by atoms with Gasteiger partial charge in [0.25, 0.3) is 5.91 Å². The van der Waals surface area contributed by atoms with Gasteiger partial charge >= 0.3 is 5.97 Å². The lowest BCUT2D eigenvalue weighted by Crippen LogP contribution is -2.54. The molecule has 0 saturated heterocycles. The Morgan fingerprint density at radius 2 is 1.82 bits per heavy atom. The molecule has 7 heteroatoms. The van der Waals surface area contributed by atoms with Gasteiger partial charge in [0.2, 0.25) is 5.60 Å². The molecule has 0 aromatic rings. The van der Waals surface area contributed by atoms with Crippen LogP contribution < -0.4 is 0 Å². The molecule has 7 nitrogen and oxygen atoms in total. The standard InChI is InChI=1S/C10H17NO6/c1-5(11(4)8(14)6(2)12)7(13)10(3,17)9(15)16/h5-6,12,17H,1-4H3,(H,15,16)/t5-,6-,10+/m0/s1/i4D. The first-order chi connectivity index (χ1) is 8.07. The summed E-state index contributed by atoms with van der Waals surface area (Å²) in [5.74, 6) is -3.75. The minimum absolute atomic E-state index is 0.633. The van der Waals surface area contributed by atoms with Gasteiger partial charge in [0.1, 0.15) is 6.10 Å². The van der Waals surface area contributed by atoms with Crippen molar-refractivity contribution in [3.8, 4) is 0 Å². The Kier molecular flexibility index (Phi) is 4.19. The van der Waals surface area contributed by atoms with Crippen molar-refractivity contribution in [3.63, 3.8) is 0 Å². The van der Waals surface area contributed by atoms with Crippen molar-refractivity contribution in [2.75, 3.05) is 7.02 Å². The molecule has 0 fully saturated rings. The number of carbonyl (C=O) groups is 3. The lowest BCUT2D eigenvalue weighted by atomic mass is 9.95. The molecule has 0 aromatic carbocycles. The van der Waals surface area contributed by atoms with Crippen molar-refractivity contribution in [1.29, 1.82) is 0 Å². The van der Waals surface area contributed by atoms with Crippen LogP contribution in [0.2, 0.25) is 0 Å². The molecule has 0 aliphatic carbocycles. The first-order valence-corrected chi connectivity index (χ1v) is 4.85. The topological polar surface area (TPSA) is 115 Å². The highest BCUT2D eigenvalue weighted by molar-refractivity contribution is 6.08. The quantitative estimate of drug-likeness (QED) is 0.516. The number of carboxylic acids is 1. The van der Waals surface area contributed by atoms with Crippen molar-refractivity contribution < 1.29 is 31.1 Å². The van der Waals surface area contributed by atoms with E-state index in [-0.39, 0.29) is 0 Å². The van der Waals surface area contributed by atoms with E-state index in [1.165, 1.54) is 6.92 Å². The number of aliphatic hydroxyl groups is 2. The van der Waals surface area contributed by atoms with E-state index in [0.29, 0.717) is 4.90 Å². The van der Waals surface area contributed by atoms with Gasteiger partial charge in [-0.15, -0.1) is 0 Å². The molecule has 1 amide bonds. The zero-order valence-electron chi connectivity index (χ0n) is 10.9. The number of ketones is 1. The maximum atomic E-state index is 11.7. The predicted molar refractivity (Wildman–Crippen MR) is 57.2 cm³/mol. The minimum atomic E-state index is -2.65. The zero-order valence-corrected chi connectivity index (χ0v) is 9.88. The Balaban J connectivity index is 5.13. The lowest BCUT2D eigenvalue weighted by molar-refractivity contribution is -0.166. The van der Waals surface area contributed by atoms with E-state index < -0.39 is 42.4 Å². The van der Waals surface area contributed by atoms with Gasteiger partial charge in [-0.1, -0.05) is 0 Å². The average molecular weight is 248 g/mol. The summed E-state index contributed by atoms with van der Waals surface area (Å²) in [4.78, 5) is 34.6. The minimum Gasteiger partial charge on any atom is -0.479 e. The van der Waals surface area contributed by atoms with Gasteiger partial charge in [-0.05, 0) is 20.8 Å². The number of Topliss-reactive ketones (excluding diaryl/α,β-unsaturated/α-hetero) is 1. The average Bonchev–Trinajstić information content (AvgIpc) is 2.27. The zero-order chi connectivity index (χ0) is 14.7. The first kappa shape index (κ1) is 13.6. The van der Waals surface area contributed by atoms with E-state index in [2.05, 4.69) is 0 Å². The maximum absolute atomic E-state index is 11.7. The molecule has 0 radical (unpaired) electrons. The third-order valence-electron chi connectivity index (χ3n) is 2.38. The molecular formula is C10H17NO6. The molecule has 0 saturated carbocycles. The van der Waals surface area contributed by atoms with Gasteiger partial charge in [0.15, 0.2) is 5.78 Å². The highest BCUT2D eigenvalue weighted by atomic mass is 16.4. The molecule has 0 aliphatic heterocycles. The van der Waals surface area contributed by atoms with Crippen molar-refractivity contribution >= 4 is 17.7 Å². The van der Waals surface area contributed by atoms with Crippen LogP contribution in [0, 0.1) is 0 Å². The second-order valence-electron chi connectivity index (χ2n) is 3.90. The van der Waals surface area contributed by atoms with Crippen molar-refractivity contribution in [2.24, 2.45) is 0 Å². The summed E-state index contributed by atoms with van der Waals surface area (Å²) in [5.41, 5.74) is -2.65. The molecule has 0 heterocycles. The van der Waals surface area contributed by atoms with Crippen molar-refractivity contribution in [2.45, 2.75) is 38.5 Å². The van der Waals surface area contributed by atoms with Gasteiger partial charge in [-0.2, -0.15) is 0 Å². The molecule has 17 heavy (non-hydrogen) atoms. The number of hydrogen-bond acceptors (Lipinski definition) is 5. The van der Waals surface area contributed by atoms with Crippen LogP contribution in [0.15, 0.2) is 0 Å². The number of amides is 1. The molecule has 0 spiro atoms. The third kappa shape index (κ3) is 3.24. The molecule has 3 atom stereocenters. The second-order valence-corrected chi connectivity index (χ2v) is 3.90. The molecule has 3 N–H and O–H groups in total. The highest BCUT2D eigenvalue weighted by Gasteiger charge is 2.43. The smallest absolute Gasteiger partial charge is 0.343 e. The normalized spacial score (nSPS) is 18.5. The molecule has 0 aliphatic rings. The number of aliphatic hydroxyl groups excluding tert-OH is 1. The molecule has 0 bridgehead atoms. The fourth-order valence-corrected chi connectivity index (χ4v) is 1.08. The summed E-state index contributed by atoms with van der Waals surface area (Å²) < 4.78 is 7.13. The van der Waals surface area contributed by atoms with Gasteiger partial charge < -0.3 is 20.2 Å². The van der Waals surface area contributed by atoms with Gasteiger partial charge in [0.05, 0.1) is 6.04 Å². The summed E-state index contributed by atoms with van der Waals surface area (Å²) in [6.07, 6.45) is -1.42. The summed E-state index contributed by atoms with van der Waals surface area (Å²) in [5, 5.41) is 27.3. The molecule has 0 unspecified atom stereocenters.